The smallest absolute Gasteiger partial charge is 0.417 e. The first-order valence-electron chi connectivity index (χ1n) is 9.90. The lowest BCUT2D eigenvalue weighted by Crippen LogP contribution is -2.46. The third kappa shape index (κ3) is 4.75. The molecule has 2 amide bonds. The molecule has 29 heavy (non-hydrogen) atoms. The van der Waals surface area contributed by atoms with Crippen LogP contribution in [-0.2, 0) is 25.5 Å². The van der Waals surface area contributed by atoms with Crippen LogP contribution in [0, 0.1) is 5.92 Å². The average molecular weight is 397 g/mol. The van der Waals surface area contributed by atoms with Crippen molar-refractivity contribution < 1.29 is 23.9 Å². The number of fused-ring (bicyclic) bond motifs is 1. The Morgan fingerprint density at radius 3 is 2.45 bits per heavy atom. The van der Waals surface area contributed by atoms with Crippen LogP contribution in [0.4, 0.5) is 4.79 Å². The van der Waals surface area contributed by atoms with E-state index in [9.17, 15) is 14.4 Å². The van der Waals surface area contributed by atoms with E-state index in [-0.39, 0.29) is 13.0 Å². The Hall–Kier alpha value is -2.89. The molecule has 0 bridgehead atoms. The minimum absolute atomic E-state index is 0.182. The van der Waals surface area contributed by atoms with E-state index in [0.717, 1.165) is 21.2 Å². The lowest BCUT2D eigenvalue weighted by molar-refractivity contribution is -0.151. The first-order valence-corrected chi connectivity index (χ1v) is 9.90. The van der Waals surface area contributed by atoms with Gasteiger partial charge < -0.3 is 9.47 Å². The van der Waals surface area contributed by atoms with E-state index in [0.29, 0.717) is 6.42 Å². The normalized spacial score (nSPS) is 19.4. The SMILES string of the molecule is CCOC(=O)[C@H]1C[C@H](Cc2ccc3ccccc3c2)C(=O)N1C(=O)OC(C)(C)C. The number of ether oxygens (including phenoxy) is 2. The highest BCUT2D eigenvalue weighted by atomic mass is 16.6. The molecule has 0 N–H and O–H groups in total. The number of rotatable bonds is 4. The van der Waals surface area contributed by atoms with E-state index < -0.39 is 35.5 Å². The molecule has 1 heterocycles. The summed E-state index contributed by atoms with van der Waals surface area (Å²) < 4.78 is 10.5. The van der Waals surface area contributed by atoms with Gasteiger partial charge in [-0.15, -0.1) is 0 Å². The number of benzene rings is 2. The summed E-state index contributed by atoms with van der Waals surface area (Å²) in [6.45, 7) is 7.03. The van der Waals surface area contributed by atoms with Crippen LogP contribution in [-0.4, -0.2) is 41.1 Å². The van der Waals surface area contributed by atoms with E-state index in [1.807, 2.05) is 42.5 Å². The highest BCUT2D eigenvalue weighted by Gasteiger charge is 2.48. The number of hydrogen-bond donors (Lipinski definition) is 0. The van der Waals surface area contributed by atoms with Crippen LogP contribution in [0.2, 0.25) is 0 Å². The van der Waals surface area contributed by atoms with Crippen LogP contribution in [0.25, 0.3) is 10.8 Å². The number of hydrogen-bond acceptors (Lipinski definition) is 5. The quantitative estimate of drug-likeness (QED) is 0.727. The zero-order chi connectivity index (χ0) is 21.2. The molecule has 6 nitrogen and oxygen atoms in total. The van der Waals surface area contributed by atoms with Crippen molar-refractivity contribution in [2.24, 2.45) is 5.92 Å². The lowest BCUT2D eigenvalue weighted by atomic mass is 9.94. The first kappa shape index (κ1) is 20.8. The monoisotopic (exact) mass is 397 g/mol. The van der Waals surface area contributed by atoms with Crippen LogP contribution in [0.5, 0.6) is 0 Å². The summed E-state index contributed by atoms with van der Waals surface area (Å²) in [6.07, 6.45) is -0.135. The average Bonchev–Trinajstić information content (AvgIpc) is 2.97. The molecule has 2 aromatic rings. The molecular weight excluding hydrogens is 370 g/mol. The molecule has 1 fully saturated rings. The van der Waals surface area contributed by atoms with Gasteiger partial charge in [-0.25, -0.2) is 14.5 Å². The fourth-order valence-corrected chi connectivity index (χ4v) is 3.62. The minimum Gasteiger partial charge on any atom is -0.464 e. The Bertz CT molecular complexity index is 930. The molecule has 0 aliphatic carbocycles. The third-order valence-corrected chi connectivity index (χ3v) is 4.85. The number of likely N-dealkylation sites (tertiary alicyclic amines) is 1. The van der Waals surface area contributed by atoms with Gasteiger partial charge in [-0.3, -0.25) is 4.79 Å². The van der Waals surface area contributed by atoms with Crippen LogP contribution in [0.1, 0.15) is 39.7 Å². The summed E-state index contributed by atoms with van der Waals surface area (Å²) in [6, 6.07) is 13.1. The van der Waals surface area contributed by atoms with Gasteiger partial charge >= 0.3 is 12.1 Å². The molecule has 6 heteroatoms. The molecule has 154 valence electrons. The Balaban J connectivity index is 1.84. The van der Waals surface area contributed by atoms with Gasteiger partial charge in [-0.1, -0.05) is 42.5 Å². The predicted molar refractivity (Wildman–Crippen MR) is 109 cm³/mol. The van der Waals surface area contributed by atoms with Crippen molar-refractivity contribution in [2.45, 2.75) is 52.2 Å². The molecule has 3 rings (SSSR count). The van der Waals surface area contributed by atoms with Crippen molar-refractivity contribution in [2.75, 3.05) is 6.61 Å². The van der Waals surface area contributed by atoms with Crippen molar-refractivity contribution in [1.29, 1.82) is 0 Å². The summed E-state index contributed by atoms with van der Waals surface area (Å²) in [7, 11) is 0. The summed E-state index contributed by atoms with van der Waals surface area (Å²) >= 11 is 0. The number of imide groups is 1. The molecule has 0 unspecified atom stereocenters. The summed E-state index contributed by atoms with van der Waals surface area (Å²) in [5.41, 5.74) is 0.211. The molecule has 2 atom stereocenters. The standard InChI is InChI=1S/C23H27NO5/c1-5-28-21(26)19-14-18(20(25)24(19)22(27)29-23(2,3)4)13-15-10-11-16-8-6-7-9-17(16)12-15/h6-12,18-19H,5,13-14H2,1-4H3/t18-,19+/m0/s1. The second-order valence-corrected chi connectivity index (χ2v) is 8.27. The lowest BCUT2D eigenvalue weighted by Gasteiger charge is -2.26. The Morgan fingerprint density at radius 1 is 1.10 bits per heavy atom. The molecular formula is C23H27NO5. The highest BCUT2D eigenvalue weighted by molar-refractivity contribution is 6.01. The van der Waals surface area contributed by atoms with Crippen molar-refractivity contribution in [3.05, 3.63) is 48.0 Å². The molecule has 0 radical (unpaired) electrons. The summed E-state index contributed by atoms with van der Waals surface area (Å²) in [5.74, 6) is -1.46. The van der Waals surface area contributed by atoms with Gasteiger partial charge in [0.25, 0.3) is 0 Å². The topological polar surface area (TPSA) is 72.9 Å². The van der Waals surface area contributed by atoms with Crippen LogP contribution >= 0.6 is 0 Å². The largest absolute Gasteiger partial charge is 0.464 e. The van der Waals surface area contributed by atoms with Crippen LogP contribution in [0.15, 0.2) is 42.5 Å². The van der Waals surface area contributed by atoms with Gasteiger partial charge in [0.2, 0.25) is 5.91 Å². The second-order valence-electron chi connectivity index (χ2n) is 8.27. The molecule has 1 saturated heterocycles. The van der Waals surface area contributed by atoms with Gasteiger partial charge in [0, 0.05) is 5.92 Å². The highest BCUT2D eigenvalue weighted by Crippen LogP contribution is 2.31. The van der Waals surface area contributed by atoms with Crippen molar-refractivity contribution >= 4 is 28.7 Å². The van der Waals surface area contributed by atoms with Crippen LogP contribution in [0.3, 0.4) is 0 Å². The van der Waals surface area contributed by atoms with Gasteiger partial charge in [-0.2, -0.15) is 0 Å². The fraction of sp³-hybridized carbons (Fsp3) is 0.435. The van der Waals surface area contributed by atoms with Gasteiger partial charge in [-0.05, 0) is 56.9 Å². The van der Waals surface area contributed by atoms with Crippen molar-refractivity contribution in [1.82, 2.24) is 4.90 Å². The Kier molecular flexibility index (Phi) is 5.91. The van der Waals surface area contributed by atoms with Crippen molar-refractivity contribution in [3.63, 3.8) is 0 Å². The molecule has 1 aliphatic rings. The molecule has 0 spiro atoms. The van der Waals surface area contributed by atoms with Gasteiger partial charge in [0.1, 0.15) is 11.6 Å². The van der Waals surface area contributed by atoms with Gasteiger partial charge in [0.15, 0.2) is 0 Å². The summed E-state index contributed by atoms with van der Waals surface area (Å²) in [5, 5.41) is 2.20. The van der Waals surface area contributed by atoms with Crippen LogP contribution < -0.4 is 0 Å². The maximum atomic E-state index is 13.0. The van der Waals surface area contributed by atoms with Crippen molar-refractivity contribution in [3.8, 4) is 0 Å². The van der Waals surface area contributed by atoms with E-state index in [1.54, 1.807) is 27.7 Å². The number of amides is 2. The molecule has 0 aromatic heterocycles. The maximum Gasteiger partial charge on any atom is 0.417 e. The Labute approximate surface area is 170 Å². The fourth-order valence-electron chi connectivity index (χ4n) is 3.62. The Morgan fingerprint density at radius 2 is 1.79 bits per heavy atom. The zero-order valence-electron chi connectivity index (χ0n) is 17.3. The first-order chi connectivity index (χ1) is 13.7. The van der Waals surface area contributed by atoms with E-state index in [1.165, 1.54) is 0 Å². The van der Waals surface area contributed by atoms with E-state index >= 15 is 0 Å². The summed E-state index contributed by atoms with van der Waals surface area (Å²) in [4.78, 5) is 39.0. The molecule has 2 aromatic carbocycles. The maximum absolute atomic E-state index is 13.0. The molecule has 1 aliphatic heterocycles. The zero-order valence-corrected chi connectivity index (χ0v) is 17.3. The van der Waals surface area contributed by atoms with E-state index in [4.69, 9.17) is 9.47 Å². The van der Waals surface area contributed by atoms with Gasteiger partial charge in [0.05, 0.1) is 6.61 Å². The second kappa shape index (κ2) is 8.23. The predicted octanol–water partition coefficient (Wildman–Crippen LogP) is 4.10. The number of nitrogens with zero attached hydrogens (tertiary/aromatic N) is 1. The number of carbonyl (C=O) groups is 3. The molecule has 0 saturated carbocycles. The minimum atomic E-state index is -0.956. The van der Waals surface area contributed by atoms with E-state index in [2.05, 4.69) is 0 Å². The number of esters is 1. The third-order valence-electron chi connectivity index (χ3n) is 4.85. The number of carbonyl (C=O) groups excluding carboxylic acids is 3.